The van der Waals surface area contributed by atoms with Gasteiger partial charge in [-0.2, -0.15) is 0 Å². The maximum atomic E-state index is 15.1. The fraction of sp³-hybridized carbons (Fsp3) is 0.125. The van der Waals surface area contributed by atoms with Crippen molar-refractivity contribution in [1.82, 2.24) is 4.98 Å². The summed E-state index contributed by atoms with van der Waals surface area (Å²) in [5, 5.41) is 7.45. The minimum atomic E-state index is -0.590. The number of nitrogens with zero attached hydrogens (tertiary/aromatic N) is 2. The summed E-state index contributed by atoms with van der Waals surface area (Å²) in [5.41, 5.74) is 9.18. The number of benzene rings is 2. The number of amides is 1. The summed E-state index contributed by atoms with van der Waals surface area (Å²) in [6, 6.07) is 11.8. The van der Waals surface area contributed by atoms with E-state index in [1.54, 1.807) is 29.4 Å². The minimum Gasteiger partial charge on any atom is -0.453 e. The molecule has 0 saturated carbocycles. The third kappa shape index (κ3) is 3.45. The molecule has 8 heteroatoms. The first-order valence-corrected chi connectivity index (χ1v) is 10.1. The van der Waals surface area contributed by atoms with Crippen LogP contribution < -0.4 is 15.4 Å². The van der Waals surface area contributed by atoms with Gasteiger partial charge < -0.3 is 20.1 Å². The molecule has 2 aromatic carbocycles. The Morgan fingerprint density at radius 3 is 2.81 bits per heavy atom. The zero-order valence-electron chi connectivity index (χ0n) is 17.0. The molecule has 0 atom stereocenters. The van der Waals surface area contributed by atoms with Crippen LogP contribution in [0.3, 0.4) is 0 Å². The van der Waals surface area contributed by atoms with Crippen LogP contribution in [-0.4, -0.2) is 23.5 Å². The molecule has 1 aromatic heterocycles. The van der Waals surface area contributed by atoms with Crippen LogP contribution in [0.1, 0.15) is 24.0 Å². The molecule has 1 saturated heterocycles. The highest BCUT2D eigenvalue weighted by molar-refractivity contribution is 5.97. The first kappa shape index (κ1) is 19.7. The Morgan fingerprint density at radius 2 is 2.09 bits per heavy atom. The predicted molar refractivity (Wildman–Crippen MR) is 118 cm³/mol. The summed E-state index contributed by atoms with van der Waals surface area (Å²) in [7, 11) is 0. The Morgan fingerprint density at radius 1 is 1.22 bits per heavy atom. The first-order chi connectivity index (χ1) is 15.5. The fourth-order valence-electron chi connectivity index (χ4n) is 4.01. The van der Waals surface area contributed by atoms with Gasteiger partial charge in [-0.25, -0.2) is 4.39 Å². The number of pyridine rings is 1. The van der Waals surface area contributed by atoms with Crippen molar-refractivity contribution in [1.29, 1.82) is 5.41 Å². The topological polar surface area (TPSA) is 102 Å². The summed E-state index contributed by atoms with van der Waals surface area (Å²) >= 11 is 0. The molecular formula is C24H19FN4O3. The van der Waals surface area contributed by atoms with E-state index < -0.39 is 11.8 Å². The van der Waals surface area contributed by atoms with E-state index in [1.807, 2.05) is 24.3 Å². The van der Waals surface area contributed by atoms with Crippen molar-refractivity contribution in [2.75, 3.05) is 11.4 Å². The van der Waals surface area contributed by atoms with E-state index in [4.69, 9.17) is 20.6 Å². The van der Waals surface area contributed by atoms with E-state index in [-0.39, 0.29) is 11.7 Å². The molecule has 0 aliphatic carbocycles. The number of rotatable bonds is 3. The largest absolute Gasteiger partial charge is 0.453 e. The van der Waals surface area contributed by atoms with Gasteiger partial charge in [0.05, 0.1) is 0 Å². The number of aromatic nitrogens is 1. The molecule has 3 heterocycles. The van der Waals surface area contributed by atoms with Crippen LogP contribution in [0.5, 0.6) is 11.5 Å². The molecule has 3 N–H and O–H groups in total. The Labute approximate surface area is 183 Å². The van der Waals surface area contributed by atoms with Crippen molar-refractivity contribution in [2.24, 2.45) is 5.73 Å². The maximum Gasteiger partial charge on any atom is 0.284 e. The SMILES string of the molecule is N=C(N)OC=C1c2cc(-c3cccnc3)ccc2Oc2c(F)cc(N3CCCC3=O)cc21. The quantitative estimate of drug-likeness (QED) is 0.285. The Kier molecular flexibility index (Phi) is 4.82. The Balaban J connectivity index is 1.67. The van der Waals surface area contributed by atoms with E-state index in [2.05, 4.69) is 4.98 Å². The molecule has 2 aliphatic heterocycles. The highest BCUT2D eigenvalue weighted by Gasteiger charge is 2.30. The second-order valence-electron chi connectivity index (χ2n) is 7.52. The van der Waals surface area contributed by atoms with Gasteiger partial charge in [-0.3, -0.25) is 15.2 Å². The number of nitrogens with one attached hydrogen (secondary N) is 1. The van der Waals surface area contributed by atoms with E-state index in [0.29, 0.717) is 41.1 Å². The third-order valence-electron chi connectivity index (χ3n) is 5.48. The number of nitrogens with two attached hydrogens (primary N) is 1. The van der Waals surface area contributed by atoms with Crippen molar-refractivity contribution in [2.45, 2.75) is 12.8 Å². The van der Waals surface area contributed by atoms with Crippen molar-refractivity contribution < 1.29 is 18.7 Å². The van der Waals surface area contributed by atoms with Gasteiger partial charge in [0.2, 0.25) is 5.91 Å². The second-order valence-corrected chi connectivity index (χ2v) is 7.52. The van der Waals surface area contributed by atoms with Crippen LogP contribution in [-0.2, 0) is 9.53 Å². The van der Waals surface area contributed by atoms with Crippen molar-refractivity contribution in [3.63, 3.8) is 0 Å². The zero-order chi connectivity index (χ0) is 22.2. The van der Waals surface area contributed by atoms with Gasteiger partial charge in [-0.15, -0.1) is 0 Å². The summed E-state index contributed by atoms with van der Waals surface area (Å²) in [4.78, 5) is 18.0. The molecule has 5 rings (SSSR count). The lowest BCUT2D eigenvalue weighted by atomic mass is 9.92. The molecule has 160 valence electrons. The Bertz CT molecular complexity index is 1270. The van der Waals surface area contributed by atoms with Crippen LogP contribution in [0.25, 0.3) is 16.7 Å². The molecule has 0 radical (unpaired) electrons. The number of anilines is 1. The maximum absolute atomic E-state index is 15.1. The normalized spacial score (nSPS) is 15.8. The van der Waals surface area contributed by atoms with E-state index in [0.717, 1.165) is 17.5 Å². The van der Waals surface area contributed by atoms with Gasteiger partial charge >= 0.3 is 0 Å². The molecule has 0 bridgehead atoms. The average molecular weight is 430 g/mol. The number of carbonyl (C=O) groups excluding carboxylic acids is 1. The number of ether oxygens (including phenoxy) is 2. The number of amidine groups is 1. The number of halogens is 1. The number of carbonyl (C=O) groups is 1. The number of fused-ring (bicyclic) bond motifs is 2. The lowest BCUT2D eigenvalue weighted by molar-refractivity contribution is -0.117. The highest BCUT2D eigenvalue weighted by Crippen LogP contribution is 2.47. The van der Waals surface area contributed by atoms with Crippen LogP contribution >= 0.6 is 0 Å². The summed E-state index contributed by atoms with van der Waals surface area (Å²) in [6.07, 6.45) is 5.90. The molecule has 1 fully saturated rings. The number of hydrogen-bond donors (Lipinski definition) is 2. The average Bonchev–Trinajstić information content (AvgIpc) is 3.23. The van der Waals surface area contributed by atoms with Crippen LogP contribution in [0.4, 0.5) is 10.1 Å². The second kappa shape index (κ2) is 7.81. The lowest BCUT2D eigenvalue weighted by Gasteiger charge is -2.26. The molecule has 7 nitrogen and oxygen atoms in total. The zero-order valence-corrected chi connectivity index (χ0v) is 17.0. The first-order valence-electron chi connectivity index (χ1n) is 10.1. The highest BCUT2D eigenvalue weighted by atomic mass is 19.1. The van der Waals surface area contributed by atoms with Gasteiger partial charge in [-0.05, 0) is 36.2 Å². The number of hydrogen-bond acceptors (Lipinski definition) is 5. The van der Waals surface area contributed by atoms with Crippen LogP contribution in [0.15, 0.2) is 61.1 Å². The standard InChI is InChI=1S/C24H19FN4O3/c25-20-11-16(29-8-2-4-22(29)30)10-18-19(13-31-24(26)27)17-9-14(15-3-1-7-28-12-15)5-6-21(17)32-23(18)20/h1,3,5-7,9-13H,2,4,8H2,(H3,26,27). The molecule has 0 spiro atoms. The van der Waals surface area contributed by atoms with Crippen LogP contribution in [0.2, 0.25) is 0 Å². The Hall–Kier alpha value is -4.20. The molecule has 32 heavy (non-hydrogen) atoms. The monoisotopic (exact) mass is 430 g/mol. The summed E-state index contributed by atoms with van der Waals surface area (Å²) in [6.45, 7) is 0.530. The van der Waals surface area contributed by atoms with E-state index in [9.17, 15) is 4.79 Å². The van der Waals surface area contributed by atoms with Gasteiger partial charge in [0.1, 0.15) is 12.0 Å². The fourth-order valence-corrected chi connectivity index (χ4v) is 4.01. The van der Waals surface area contributed by atoms with E-state index in [1.165, 1.54) is 12.3 Å². The van der Waals surface area contributed by atoms with Crippen molar-refractivity contribution >= 4 is 23.2 Å². The third-order valence-corrected chi connectivity index (χ3v) is 5.48. The molecular weight excluding hydrogens is 411 g/mol. The van der Waals surface area contributed by atoms with Gasteiger partial charge in [0.15, 0.2) is 11.6 Å². The van der Waals surface area contributed by atoms with E-state index >= 15 is 4.39 Å². The van der Waals surface area contributed by atoms with Crippen molar-refractivity contribution in [3.05, 3.63) is 78.1 Å². The predicted octanol–water partition coefficient (Wildman–Crippen LogP) is 4.42. The van der Waals surface area contributed by atoms with Gasteiger partial charge in [-0.1, -0.05) is 12.1 Å². The molecule has 3 aromatic rings. The summed E-state index contributed by atoms with van der Waals surface area (Å²) in [5.74, 6) is -0.174. The molecule has 0 unspecified atom stereocenters. The molecule has 1 amide bonds. The van der Waals surface area contributed by atoms with Crippen molar-refractivity contribution in [3.8, 4) is 22.6 Å². The molecule has 2 aliphatic rings. The van der Waals surface area contributed by atoms with Gasteiger partial charge in [0, 0.05) is 59.4 Å². The van der Waals surface area contributed by atoms with Crippen LogP contribution in [0, 0.1) is 11.2 Å². The smallest absolute Gasteiger partial charge is 0.284 e. The lowest BCUT2D eigenvalue weighted by Crippen LogP contribution is -2.24. The minimum absolute atomic E-state index is 0.0282. The van der Waals surface area contributed by atoms with Gasteiger partial charge in [0.25, 0.3) is 6.02 Å². The summed E-state index contributed by atoms with van der Waals surface area (Å²) < 4.78 is 26.2.